The Hall–Kier alpha value is -1.27. The molecule has 0 amide bonds. The number of nitrogens with two attached hydrogens (primary N) is 2. The fourth-order valence-corrected chi connectivity index (χ4v) is 2.90. The molecule has 0 aromatic rings. The van der Waals surface area contributed by atoms with Crippen LogP contribution in [0.3, 0.4) is 0 Å². The van der Waals surface area contributed by atoms with Crippen LogP contribution in [0.25, 0.3) is 0 Å². The lowest BCUT2D eigenvalue weighted by Gasteiger charge is -2.34. The molecule has 0 spiro atoms. The lowest BCUT2D eigenvalue weighted by molar-refractivity contribution is 0.308. The molecule has 0 bridgehead atoms. The van der Waals surface area contributed by atoms with Crippen molar-refractivity contribution in [2.24, 2.45) is 22.4 Å². The quantitative estimate of drug-likeness (QED) is 0.682. The highest BCUT2D eigenvalue weighted by Crippen LogP contribution is 2.22. The van der Waals surface area contributed by atoms with Crippen molar-refractivity contribution in [2.45, 2.75) is 32.4 Å². The van der Waals surface area contributed by atoms with Gasteiger partial charge in [-0.15, -0.1) is 0 Å². The molecule has 0 radical (unpaired) electrons. The van der Waals surface area contributed by atoms with Crippen molar-refractivity contribution < 1.29 is 0 Å². The van der Waals surface area contributed by atoms with E-state index >= 15 is 0 Å². The molecule has 6 heteroatoms. The van der Waals surface area contributed by atoms with Crippen LogP contribution in [0.4, 0.5) is 0 Å². The number of nitrogens with zero attached hydrogens (tertiary/aromatic N) is 3. The van der Waals surface area contributed by atoms with Gasteiger partial charge in [-0.25, -0.2) is 4.99 Å². The molecule has 1 saturated heterocycles. The number of likely N-dealkylation sites (N-methyl/N-ethyl adjacent to an activating group) is 1. The molecular formula is C14H28N6. The SMILES string of the molecule is CC(C)CC1(N)C=C(N2CCCN(C)CC2)NC(N)=N1. The molecule has 1 unspecified atom stereocenters. The Morgan fingerprint density at radius 1 is 1.35 bits per heavy atom. The number of rotatable bonds is 3. The largest absolute Gasteiger partial charge is 0.370 e. The van der Waals surface area contributed by atoms with Gasteiger partial charge in [0.25, 0.3) is 0 Å². The van der Waals surface area contributed by atoms with Crippen molar-refractivity contribution in [2.75, 3.05) is 33.2 Å². The van der Waals surface area contributed by atoms with E-state index in [0.717, 1.165) is 44.8 Å². The second kappa shape index (κ2) is 6.01. The van der Waals surface area contributed by atoms with Gasteiger partial charge < -0.3 is 26.6 Å². The van der Waals surface area contributed by atoms with Crippen molar-refractivity contribution in [1.29, 1.82) is 0 Å². The van der Waals surface area contributed by atoms with Crippen LogP contribution in [0.5, 0.6) is 0 Å². The lowest BCUT2D eigenvalue weighted by atomic mass is 9.97. The number of hydrogen-bond donors (Lipinski definition) is 3. The molecule has 0 saturated carbocycles. The van der Waals surface area contributed by atoms with Gasteiger partial charge in [0.1, 0.15) is 11.5 Å². The van der Waals surface area contributed by atoms with Crippen molar-refractivity contribution in [1.82, 2.24) is 15.1 Å². The summed E-state index contributed by atoms with van der Waals surface area (Å²) in [5.74, 6) is 1.90. The smallest absolute Gasteiger partial charge is 0.196 e. The first kappa shape index (κ1) is 15.1. The van der Waals surface area contributed by atoms with Crippen LogP contribution < -0.4 is 16.8 Å². The fraction of sp³-hybridized carbons (Fsp3) is 0.786. The second-order valence-corrected chi connectivity index (χ2v) is 6.38. The maximum Gasteiger partial charge on any atom is 0.196 e. The van der Waals surface area contributed by atoms with Gasteiger partial charge in [-0.2, -0.15) is 0 Å². The molecule has 0 aliphatic carbocycles. The van der Waals surface area contributed by atoms with Crippen LogP contribution in [-0.4, -0.2) is 54.6 Å². The Bertz CT molecular complexity index is 402. The van der Waals surface area contributed by atoms with E-state index in [1.165, 1.54) is 0 Å². The van der Waals surface area contributed by atoms with E-state index in [1.807, 2.05) is 6.08 Å². The molecule has 114 valence electrons. The number of guanidine groups is 1. The van der Waals surface area contributed by atoms with Gasteiger partial charge in [-0.3, -0.25) is 0 Å². The monoisotopic (exact) mass is 280 g/mol. The lowest BCUT2D eigenvalue weighted by Crippen LogP contribution is -2.51. The maximum atomic E-state index is 6.39. The molecule has 0 aromatic heterocycles. The molecule has 2 rings (SSSR count). The highest BCUT2D eigenvalue weighted by atomic mass is 15.3. The third-order valence-electron chi connectivity index (χ3n) is 3.77. The van der Waals surface area contributed by atoms with Gasteiger partial charge in [0.15, 0.2) is 5.96 Å². The Labute approximate surface area is 121 Å². The summed E-state index contributed by atoms with van der Waals surface area (Å²) in [6, 6.07) is 0. The standard InChI is InChI=1S/C14H28N6/c1-11(2)9-14(16)10-12(17-13(15)18-14)20-6-4-5-19(3)7-8-20/h10-11H,4-9,16H2,1-3H3,(H3,15,17,18). The fourth-order valence-electron chi connectivity index (χ4n) is 2.90. The predicted octanol–water partition coefficient (Wildman–Crippen LogP) is 0.0843. The van der Waals surface area contributed by atoms with E-state index in [9.17, 15) is 0 Å². The van der Waals surface area contributed by atoms with Crippen LogP contribution in [0.1, 0.15) is 26.7 Å². The Kier molecular flexibility index (Phi) is 4.55. The van der Waals surface area contributed by atoms with E-state index in [-0.39, 0.29) is 0 Å². The minimum absolute atomic E-state index is 0.420. The molecule has 1 atom stereocenters. The second-order valence-electron chi connectivity index (χ2n) is 6.38. The van der Waals surface area contributed by atoms with Crippen LogP contribution in [0, 0.1) is 5.92 Å². The zero-order valence-electron chi connectivity index (χ0n) is 12.9. The summed E-state index contributed by atoms with van der Waals surface area (Å²) in [5.41, 5.74) is 11.6. The van der Waals surface area contributed by atoms with Gasteiger partial charge >= 0.3 is 0 Å². The molecular weight excluding hydrogens is 252 g/mol. The third-order valence-corrected chi connectivity index (χ3v) is 3.77. The summed E-state index contributed by atoms with van der Waals surface area (Å²) in [7, 11) is 2.16. The highest BCUT2D eigenvalue weighted by Gasteiger charge is 2.29. The average molecular weight is 280 g/mol. The van der Waals surface area contributed by atoms with Crippen LogP contribution in [0.2, 0.25) is 0 Å². The molecule has 1 fully saturated rings. The van der Waals surface area contributed by atoms with Gasteiger partial charge in [0, 0.05) is 19.6 Å². The molecule has 2 heterocycles. The topological polar surface area (TPSA) is 82.9 Å². The normalized spacial score (nSPS) is 28.8. The Morgan fingerprint density at radius 2 is 2.10 bits per heavy atom. The third kappa shape index (κ3) is 3.86. The van der Waals surface area contributed by atoms with E-state index in [1.54, 1.807) is 0 Å². The summed E-state index contributed by atoms with van der Waals surface area (Å²) in [4.78, 5) is 9.06. The minimum Gasteiger partial charge on any atom is -0.370 e. The molecule has 6 nitrogen and oxygen atoms in total. The zero-order chi connectivity index (χ0) is 14.8. The summed E-state index contributed by atoms with van der Waals surface area (Å²) in [5, 5.41) is 3.17. The van der Waals surface area contributed by atoms with Gasteiger partial charge in [-0.1, -0.05) is 13.8 Å². The van der Waals surface area contributed by atoms with Gasteiger partial charge in [-0.05, 0) is 38.4 Å². The summed E-state index contributed by atoms with van der Waals surface area (Å²) >= 11 is 0. The first-order valence-corrected chi connectivity index (χ1v) is 7.45. The van der Waals surface area contributed by atoms with E-state index in [0.29, 0.717) is 11.9 Å². The zero-order valence-corrected chi connectivity index (χ0v) is 12.9. The number of nitrogens with one attached hydrogen (secondary N) is 1. The van der Waals surface area contributed by atoms with Crippen LogP contribution >= 0.6 is 0 Å². The van der Waals surface area contributed by atoms with Crippen molar-refractivity contribution in [3.8, 4) is 0 Å². The highest BCUT2D eigenvalue weighted by molar-refractivity contribution is 5.81. The van der Waals surface area contributed by atoms with Crippen molar-refractivity contribution in [3.05, 3.63) is 11.9 Å². The van der Waals surface area contributed by atoms with Gasteiger partial charge in [0.2, 0.25) is 0 Å². The Balaban J connectivity index is 2.14. The molecule has 5 N–H and O–H groups in total. The summed E-state index contributed by atoms with van der Waals surface area (Å²) < 4.78 is 0. The van der Waals surface area contributed by atoms with Crippen molar-refractivity contribution in [3.63, 3.8) is 0 Å². The summed E-state index contributed by atoms with van der Waals surface area (Å²) in [6.07, 6.45) is 3.98. The summed E-state index contributed by atoms with van der Waals surface area (Å²) in [6.45, 7) is 8.49. The molecule has 20 heavy (non-hydrogen) atoms. The van der Waals surface area contributed by atoms with E-state index in [4.69, 9.17) is 11.5 Å². The van der Waals surface area contributed by atoms with E-state index in [2.05, 4.69) is 41.0 Å². The predicted molar refractivity (Wildman–Crippen MR) is 82.9 cm³/mol. The van der Waals surface area contributed by atoms with Crippen LogP contribution in [0.15, 0.2) is 16.9 Å². The Morgan fingerprint density at radius 3 is 2.80 bits per heavy atom. The molecule has 2 aliphatic heterocycles. The average Bonchev–Trinajstić information content (AvgIpc) is 2.51. The number of aliphatic imine (C=N–C) groups is 1. The maximum absolute atomic E-state index is 6.39. The molecule has 2 aliphatic rings. The van der Waals surface area contributed by atoms with Crippen LogP contribution in [-0.2, 0) is 0 Å². The first-order valence-electron chi connectivity index (χ1n) is 7.45. The van der Waals surface area contributed by atoms with E-state index < -0.39 is 5.66 Å². The first-order chi connectivity index (χ1) is 9.38. The van der Waals surface area contributed by atoms with Gasteiger partial charge in [0.05, 0.1) is 0 Å². The van der Waals surface area contributed by atoms with Crippen molar-refractivity contribution >= 4 is 5.96 Å². The number of hydrogen-bond acceptors (Lipinski definition) is 6. The minimum atomic E-state index is -0.683. The molecule has 0 aromatic carbocycles.